The standard InChI is InChI=1S/C17H17F2N/c18-15-6-5-12(9-16(15)19)10-17(20)8-7-13-3-1-2-4-14(13)11-17/h1-6,9H,7-8,10-11,20H2. The van der Waals surface area contributed by atoms with Gasteiger partial charge in [0.1, 0.15) is 0 Å². The Morgan fingerprint density at radius 3 is 2.50 bits per heavy atom. The monoisotopic (exact) mass is 273 g/mol. The molecule has 0 aliphatic heterocycles. The topological polar surface area (TPSA) is 26.0 Å². The smallest absolute Gasteiger partial charge is 0.159 e. The largest absolute Gasteiger partial charge is 0.324 e. The fourth-order valence-electron chi connectivity index (χ4n) is 3.03. The minimum atomic E-state index is -0.811. The molecule has 0 spiro atoms. The lowest BCUT2D eigenvalue weighted by atomic mass is 9.75. The molecule has 3 heteroatoms. The molecule has 0 heterocycles. The molecule has 0 saturated carbocycles. The summed E-state index contributed by atoms with van der Waals surface area (Å²) in [6.07, 6.45) is 3.15. The van der Waals surface area contributed by atoms with Crippen molar-refractivity contribution in [1.82, 2.24) is 0 Å². The van der Waals surface area contributed by atoms with Crippen LogP contribution in [-0.2, 0) is 19.3 Å². The van der Waals surface area contributed by atoms with E-state index in [1.807, 2.05) is 12.1 Å². The van der Waals surface area contributed by atoms with Crippen LogP contribution in [0.25, 0.3) is 0 Å². The van der Waals surface area contributed by atoms with Crippen LogP contribution in [0.1, 0.15) is 23.1 Å². The van der Waals surface area contributed by atoms with Crippen molar-refractivity contribution in [1.29, 1.82) is 0 Å². The average molecular weight is 273 g/mol. The third kappa shape index (κ3) is 2.59. The van der Waals surface area contributed by atoms with E-state index in [2.05, 4.69) is 12.1 Å². The molecule has 1 aliphatic carbocycles. The molecule has 2 aromatic carbocycles. The van der Waals surface area contributed by atoms with Gasteiger partial charge in [0.15, 0.2) is 11.6 Å². The van der Waals surface area contributed by atoms with Crippen LogP contribution in [-0.4, -0.2) is 5.54 Å². The Labute approximate surface area is 117 Å². The number of nitrogens with two attached hydrogens (primary N) is 1. The summed E-state index contributed by atoms with van der Waals surface area (Å²) in [5.41, 5.74) is 9.47. The van der Waals surface area contributed by atoms with E-state index < -0.39 is 11.6 Å². The van der Waals surface area contributed by atoms with E-state index >= 15 is 0 Å². The molecule has 1 unspecified atom stereocenters. The molecular weight excluding hydrogens is 256 g/mol. The molecule has 0 aromatic heterocycles. The lowest BCUT2D eigenvalue weighted by molar-refractivity contribution is 0.368. The summed E-state index contributed by atoms with van der Waals surface area (Å²) < 4.78 is 26.2. The number of fused-ring (bicyclic) bond motifs is 1. The van der Waals surface area contributed by atoms with Crippen LogP contribution in [0.4, 0.5) is 8.78 Å². The second kappa shape index (κ2) is 4.98. The van der Waals surface area contributed by atoms with Crippen molar-refractivity contribution in [3.05, 3.63) is 70.8 Å². The molecule has 3 rings (SSSR count). The summed E-state index contributed by atoms with van der Waals surface area (Å²) in [5.74, 6) is -1.61. The quantitative estimate of drug-likeness (QED) is 0.891. The fraction of sp³-hybridized carbons (Fsp3) is 0.294. The van der Waals surface area contributed by atoms with E-state index in [4.69, 9.17) is 5.73 Å². The van der Waals surface area contributed by atoms with Crippen molar-refractivity contribution in [2.45, 2.75) is 31.2 Å². The maximum Gasteiger partial charge on any atom is 0.159 e. The summed E-state index contributed by atoms with van der Waals surface area (Å²) in [6, 6.07) is 12.3. The maximum atomic E-state index is 13.3. The van der Waals surface area contributed by atoms with Gasteiger partial charge in [0.2, 0.25) is 0 Å². The lowest BCUT2D eigenvalue weighted by Gasteiger charge is -2.35. The zero-order valence-corrected chi connectivity index (χ0v) is 11.2. The van der Waals surface area contributed by atoms with Crippen LogP contribution in [0.3, 0.4) is 0 Å². The van der Waals surface area contributed by atoms with Crippen molar-refractivity contribution < 1.29 is 8.78 Å². The van der Waals surface area contributed by atoms with Crippen molar-refractivity contribution in [2.24, 2.45) is 5.73 Å². The van der Waals surface area contributed by atoms with Crippen LogP contribution in [0, 0.1) is 11.6 Å². The first kappa shape index (κ1) is 13.3. The number of hydrogen-bond acceptors (Lipinski definition) is 1. The van der Waals surface area contributed by atoms with Gasteiger partial charge in [0.05, 0.1) is 0 Å². The normalized spacial score (nSPS) is 21.6. The second-order valence-electron chi connectivity index (χ2n) is 5.73. The van der Waals surface area contributed by atoms with Gasteiger partial charge in [0, 0.05) is 5.54 Å². The van der Waals surface area contributed by atoms with Gasteiger partial charge in [-0.2, -0.15) is 0 Å². The summed E-state index contributed by atoms with van der Waals surface area (Å²) in [4.78, 5) is 0. The Morgan fingerprint density at radius 2 is 1.75 bits per heavy atom. The van der Waals surface area contributed by atoms with Gasteiger partial charge >= 0.3 is 0 Å². The summed E-state index contributed by atoms with van der Waals surface area (Å²) in [6.45, 7) is 0. The zero-order valence-electron chi connectivity index (χ0n) is 11.2. The highest BCUT2D eigenvalue weighted by atomic mass is 19.2. The molecule has 2 N–H and O–H groups in total. The SMILES string of the molecule is NC1(Cc2ccc(F)c(F)c2)CCc2ccccc2C1. The molecule has 20 heavy (non-hydrogen) atoms. The van der Waals surface area contributed by atoms with Crippen LogP contribution >= 0.6 is 0 Å². The minimum Gasteiger partial charge on any atom is -0.324 e. The molecule has 104 valence electrons. The molecule has 0 radical (unpaired) electrons. The van der Waals surface area contributed by atoms with Gasteiger partial charge in [0.25, 0.3) is 0 Å². The molecule has 1 atom stereocenters. The van der Waals surface area contributed by atoms with Gasteiger partial charge in [-0.1, -0.05) is 30.3 Å². The van der Waals surface area contributed by atoms with E-state index in [9.17, 15) is 8.78 Å². The Kier molecular flexibility index (Phi) is 3.30. The average Bonchev–Trinajstić information content (AvgIpc) is 2.42. The van der Waals surface area contributed by atoms with E-state index in [0.29, 0.717) is 6.42 Å². The lowest BCUT2D eigenvalue weighted by Crippen LogP contribution is -2.47. The van der Waals surface area contributed by atoms with Gasteiger partial charge in [-0.3, -0.25) is 0 Å². The number of aryl methyl sites for hydroxylation is 1. The van der Waals surface area contributed by atoms with E-state index in [-0.39, 0.29) is 5.54 Å². The molecule has 1 aliphatic rings. The first-order chi connectivity index (χ1) is 9.56. The predicted octanol–water partition coefficient (Wildman–Crippen LogP) is 3.39. The van der Waals surface area contributed by atoms with Crippen molar-refractivity contribution in [3.63, 3.8) is 0 Å². The number of halogens is 2. The third-order valence-electron chi connectivity index (χ3n) is 4.09. The Morgan fingerprint density at radius 1 is 1.00 bits per heavy atom. The minimum absolute atomic E-state index is 0.376. The Hall–Kier alpha value is -1.74. The molecule has 0 saturated heterocycles. The maximum absolute atomic E-state index is 13.3. The molecular formula is C17H17F2N. The summed E-state index contributed by atoms with van der Waals surface area (Å²) in [7, 11) is 0. The van der Waals surface area contributed by atoms with E-state index in [1.54, 1.807) is 6.07 Å². The van der Waals surface area contributed by atoms with Gasteiger partial charge < -0.3 is 5.73 Å². The predicted molar refractivity (Wildman–Crippen MR) is 75.4 cm³/mol. The van der Waals surface area contributed by atoms with Crippen LogP contribution in [0.2, 0.25) is 0 Å². The highest BCUT2D eigenvalue weighted by molar-refractivity contribution is 5.33. The van der Waals surface area contributed by atoms with Gasteiger partial charge in [-0.05, 0) is 54.5 Å². The molecule has 2 aromatic rings. The third-order valence-corrected chi connectivity index (χ3v) is 4.09. The molecule has 0 fully saturated rings. The highest BCUT2D eigenvalue weighted by Crippen LogP contribution is 2.29. The summed E-state index contributed by atoms with van der Waals surface area (Å²) in [5, 5.41) is 0. The number of benzene rings is 2. The van der Waals surface area contributed by atoms with Crippen molar-refractivity contribution in [2.75, 3.05) is 0 Å². The van der Waals surface area contributed by atoms with E-state index in [1.165, 1.54) is 23.3 Å². The molecule has 1 nitrogen and oxygen atoms in total. The zero-order chi connectivity index (χ0) is 14.2. The second-order valence-corrected chi connectivity index (χ2v) is 5.73. The van der Waals surface area contributed by atoms with Gasteiger partial charge in [-0.15, -0.1) is 0 Å². The summed E-state index contributed by atoms with van der Waals surface area (Å²) >= 11 is 0. The Balaban J connectivity index is 1.82. The fourth-order valence-corrected chi connectivity index (χ4v) is 3.03. The van der Waals surface area contributed by atoms with Crippen LogP contribution in [0.5, 0.6) is 0 Å². The molecule has 0 amide bonds. The van der Waals surface area contributed by atoms with Crippen molar-refractivity contribution >= 4 is 0 Å². The molecule has 0 bridgehead atoms. The first-order valence-corrected chi connectivity index (χ1v) is 6.85. The van der Waals surface area contributed by atoms with Crippen molar-refractivity contribution in [3.8, 4) is 0 Å². The van der Waals surface area contributed by atoms with Crippen LogP contribution in [0.15, 0.2) is 42.5 Å². The number of hydrogen-bond donors (Lipinski definition) is 1. The van der Waals surface area contributed by atoms with Gasteiger partial charge in [-0.25, -0.2) is 8.78 Å². The Bertz CT molecular complexity index is 639. The van der Waals surface area contributed by atoms with Crippen LogP contribution < -0.4 is 5.73 Å². The first-order valence-electron chi connectivity index (χ1n) is 6.85. The highest BCUT2D eigenvalue weighted by Gasteiger charge is 2.30. The van der Waals surface area contributed by atoms with E-state index in [0.717, 1.165) is 24.8 Å². The number of rotatable bonds is 2.